The third kappa shape index (κ3) is 2.12. The van der Waals surface area contributed by atoms with Crippen molar-refractivity contribution in [3.63, 3.8) is 0 Å². The number of carbonyl (C=O) groups excluding carboxylic acids is 1. The van der Waals surface area contributed by atoms with Crippen LogP contribution in [0.3, 0.4) is 0 Å². The molecule has 3 nitrogen and oxygen atoms in total. The molecule has 0 bridgehead atoms. The summed E-state index contributed by atoms with van der Waals surface area (Å²) in [6.45, 7) is 1.26. The van der Waals surface area contributed by atoms with E-state index in [2.05, 4.69) is 5.32 Å². The lowest BCUT2D eigenvalue weighted by Gasteiger charge is -2.08. The highest BCUT2D eigenvalue weighted by molar-refractivity contribution is 5.92. The zero-order chi connectivity index (χ0) is 9.80. The summed E-state index contributed by atoms with van der Waals surface area (Å²) < 4.78 is 5.16. The summed E-state index contributed by atoms with van der Waals surface area (Å²) in [6.07, 6.45) is 0.832. The number of anilines is 1. The van der Waals surface area contributed by atoms with Crippen LogP contribution < -0.4 is 5.32 Å². The van der Waals surface area contributed by atoms with Crippen LogP contribution in [0, 0.1) is 5.92 Å². The highest BCUT2D eigenvalue weighted by Gasteiger charge is 2.23. The van der Waals surface area contributed by atoms with Crippen molar-refractivity contribution in [2.75, 3.05) is 18.5 Å². The SMILES string of the molecule is O=C(Nc1ccccc1)C1CCOC1. The number of carbonyl (C=O) groups is 1. The second kappa shape index (κ2) is 4.24. The molecule has 1 N–H and O–H groups in total. The molecule has 1 heterocycles. The minimum Gasteiger partial charge on any atom is -0.381 e. The number of para-hydroxylation sites is 1. The fourth-order valence-corrected chi connectivity index (χ4v) is 1.51. The van der Waals surface area contributed by atoms with Gasteiger partial charge in [0, 0.05) is 12.3 Å². The van der Waals surface area contributed by atoms with Gasteiger partial charge in [-0.15, -0.1) is 0 Å². The summed E-state index contributed by atoms with van der Waals surface area (Å²) in [5.41, 5.74) is 0.851. The van der Waals surface area contributed by atoms with Crippen molar-refractivity contribution in [1.29, 1.82) is 0 Å². The van der Waals surface area contributed by atoms with E-state index in [4.69, 9.17) is 4.74 Å². The van der Waals surface area contributed by atoms with Gasteiger partial charge in [0.2, 0.25) is 5.91 Å². The molecule has 1 unspecified atom stereocenters. The monoisotopic (exact) mass is 191 g/mol. The Morgan fingerprint density at radius 2 is 2.14 bits per heavy atom. The summed E-state index contributed by atoms with van der Waals surface area (Å²) in [6, 6.07) is 9.50. The molecule has 3 heteroatoms. The largest absolute Gasteiger partial charge is 0.381 e. The van der Waals surface area contributed by atoms with Crippen LogP contribution in [0.5, 0.6) is 0 Å². The number of amides is 1. The maximum atomic E-state index is 11.6. The van der Waals surface area contributed by atoms with Gasteiger partial charge in [-0.2, -0.15) is 0 Å². The normalized spacial score (nSPS) is 20.7. The molecule has 1 fully saturated rings. The first-order valence-electron chi connectivity index (χ1n) is 4.80. The van der Waals surface area contributed by atoms with Gasteiger partial charge in [0.1, 0.15) is 0 Å². The Balaban J connectivity index is 1.94. The van der Waals surface area contributed by atoms with Crippen LogP contribution in [0.2, 0.25) is 0 Å². The van der Waals surface area contributed by atoms with E-state index in [0.717, 1.165) is 12.1 Å². The van der Waals surface area contributed by atoms with E-state index in [1.165, 1.54) is 0 Å². The molecule has 1 aromatic rings. The van der Waals surface area contributed by atoms with Crippen LogP contribution in [0.4, 0.5) is 5.69 Å². The van der Waals surface area contributed by atoms with Gasteiger partial charge in [-0.25, -0.2) is 0 Å². The van der Waals surface area contributed by atoms with E-state index in [0.29, 0.717) is 13.2 Å². The predicted octanol–water partition coefficient (Wildman–Crippen LogP) is 1.66. The zero-order valence-corrected chi connectivity index (χ0v) is 7.90. The highest BCUT2D eigenvalue weighted by Crippen LogP contribution is 2.15. The molecule has 1 atom stereocenters. The maximum absolute atomic E-state index is 11.6. The third-order valence-electron chi connectivity index (χ3n) is 2.34. The lowest BCUT2D eigenvalue weighted by Crippen LogP contribution is -2.22. The van der Waals surface area contributed by atoms with E-state index >= 15 is 0 Å². The summed E-state index contributed by atoms with van der Waals surface area (Å²) in [4.78, 5) is 11.6. The summed E-state index contributed by atoms with van der Waals surface area (Å²) in [5, 5.41) is 2.86. The second-order valence-corrected chi connectivity index (χ2v) is 3.42. The van der Waals surface area contributed by atoms with Crippen LogP contribution in [0.15, 0.2) is 30.3 Å². The van der Waals surface area contributed by atoms with Gasteiger partial charge in [0.15, 0.2) is 0 Å². The van der Waals surface area contributed by atoms with E-state index in [-0.39, 0.29) is 11.8 Å². The molecule has 1 aromatic carbocycles. The Morgan fingerprint density at radius 3 is 2.79 bits per heavy atom. The van der Waals surface area contributed by atoms with Gasteiger partial charge in [-0.05, 0) is 18.6 Å². The van der Waals surface area contributed by atoms with Crippen molar-refractivity contribution in [1.82, 2.24) is 0 Å². The van der Waals surface area contributed by atoms with Gasteiger partial charge < -0.3 is 10.1 Å². The number of nitrogens with one attached hydrogen (secondary N) is 1. The molecule has 1 aliphatic rings. The quantitative estimate of drug-likeness (QED) is 0.772. The Hall–Kier alpha value is -1.35. The van der Waals surface area contributed by atoms with E-state index in [1.54, 1.807) is 0 Å². The second-order valence-electron chi connectivity index (χ2n) is 3.42. The minimum absolute atomic E-state index is 0.0233. The van der Waals surface area contributed by atoms with E-state index in [9.17, 15) is 4.79 Å². The van der Waals surface area contributed by atoms with Crippen LogP contribution in [-0.2, 0) is 9.53 Å². The van der Waals surface area contributed by atoms with E-state index < -0.39 is 0 Å². The molecule has 0 saturated carbocycles. The van der Waals surface area contributed by atoms with Gasteiger partial charge in [-0.3, -0.25) is 4.79 Å². The number of hydrogen-bond acceptors (Lipinski definition) is 2. The lowest BCUT2D eigenvalue weighted by atomic mass is 10.1. The predicted molar refractivity (Wildman–Crippen MR) is 54.0 cm³/mol. The van der Waals surface area contributed by atoms with Crippen molar-refractivity contribution in [3.05, 3.63) is 30.3 Å². The van der Waals surface area contributed by atoms with E-state index in [1.807, 2.05) is 30.3 Å². The average Bonchev–Trinajstić information content (AvgIpc) is 2.72. The molecule has 14 heavy (non-hydrogen) atoms. The molecule has 0 radical (unpaired) electrons. The smallest absolute Gasteiger partial charge is 0.229 e. The first-order valence-corrected chi connectivity index (χ1v) is 4.80. The molecule has 0 aliphatic carbocycles. The van der Waals surface area contributed by atoms with Crippen LogP contribution in [0.1, 0.15) is 6.42 Å². The van der Waals surface area contributed by atoms with Gasteiger partial charge >= 0.3 is 0 Å². The minimum atomic E-state index is 0.0233. The van der Waals surface area contributed by atoms with Crippen LogP contribution in [0.25, 0.3) is 0 Å². The standard InChI is InChI=1S/C11H13NO2/c13-11(9-6-7-14-8-9)12-10-4-2-1-3-5-10/h1-5,9H,6-8H2,(H,12,13). The van der Waals surface area contributed by atoms with Crippen molar-refractivity contribution >= 4 is 11.6 Å². The maximum Gasteiger partial charge on any atom is 0.229 e. The van der Waals surface area contributed by atoms with Crippen molar-refractivity contribution < 1.29 is 9.53 Å². The van der Waals surface area contributed by atoms with Crippen molar-refractivity contribution in [3.8, 4) is 0 Å². The first kappa shape index (κ1) is 9.21. The molecule has 1 aliphatic heterocycles. The first-order chi connectivity index (χ1) is 6.86. The van der Waals surface area contributed by atoms with Gasteiger partial charge in [0.25, 0.3) is 0 Å². The molecule has 2 rings (SSSR count). The third-order valence-corrected chi connectivity index (χ3v) is 2.34. The molecular weight excluding hydrogens is 178 g/mol. The fourth-order valence-electron chi connectivity index (χ4n) is 1.51. The molecule has 1 saturated heterocycles. The van der Waals surface area contributed by atoms with Crippen LogP contribution >= 0.6 is 0 Å². The Morgan fingerprint density at radius 1 is 1.36 bits per heavy atom. The molecular formula is C11H13NO2. The highest BCUT2D eigenvalue weighted by atomic mass is 16.5. The molecule has 1 amide bonds. The lowest BCUT2D eigenvalue weighted by molar-refractivity contribution is -0.119. The van der Waals surface area contributed by atoms with Crippen molar-refractivity contribution in [2.24, 2.45) is 5.92 Å². The topological polar surface area (TPSA) is 38.3 Å². The number of ether oxygens (including phenoxy) is 1. The zero-order valence-electron chi connectivity index (χ0n) is 7.90. The average molecular weight is 191 g/mol. The number of hydrogen-bond donors (Lipinski definition) is 1. The Kier molecular flexibility index (Phi) is 2.79. The Bertz CT molecular complexity index is 304. The number of rotatable bonds is 2. The molecule has 0 aromatic heterocycles. The summed E-state index contributed by atoms with van der Waals surface area (Å²) >= 11 is 0. The summed E-state index contributed by atoms with van der Waals surface area (Å²) in [5.74, 6) is 0.0870. The summed E-state index contributed by atoms with van der Waals surface area (Å²) in [7, 11) is 0. The molecule has 0 spiro atoms. The van der Waals surface area contributed by atoms with Gasteiger partial charge in [0.05, 0.1) is 12.5 Å². The van der Waals surface area contributed by atoms with Gasteiger partial charge in [-0.1, -0.05) is 18.2 Å². The fraction of sp³-hybridized carbons (Fsp3) is 0.364. The number of benzene rings is 1. The Labute approximate surface area is 83.1 Å². The van der Waals surface area contributed by atoms with Crippen LogP contribution in [-0.4, -0.2) is 19.1 Å². The molecule has 74 valence electrons. The van der Waals surface area contributed by atoms with Crippen molar-refractivity contribution in [2.45, 2.75) is 6.42 Å².